The molecule has 4 atom stereocenters. The van der Waals surface area contributed by atoms with Crippen LogP contribution in [0.25, 0.3) is 4.85 Å². The molecular formula is C19H38IN. The zero-order chi connectivity index (χ0) is 17.3. The summed E-state index contributed by atoms with van der Waals surface area (Å²) in [4.78, 5) is 3.66. The van der Waals surface area contributed by atoms with E-state index >= 15 is 0 Å². The monoisotopic (exact) mass is 407 g/mol. The van der Waals surface area contributed by atoms with Crippen LogP contribution in [0.15, 0.2) is 0 Å². The number of hydrogen-bond acceptors (Lipinski definition) is 0. The molecule has 0 aromatic carbocycles. The highest BCUT2D eigenvalue weighted by molar-refractivity contribution is 14.1. The van der Waals surface area contributed by atoms with E-state index in [0.717, 1.165) is 21.7 Å². The van der Waals surface area contributed by atoms with Gasteiger partial charge in [0.1, 0.15) is 0 Å². The van der Waals surface area contributed by atoms with E-state index in [1.165, 1.54) is 0 Å². The second-order valence-electron chi connectivity index (χ2n) is 7.76. The van der Waals surface area contributed by atoms with Crippen LogP contribution in [0.5, 0.6) is 0 Å². The van der Waals surface area contributed by atoms with Crippen molar-refractivity contribution in [1.82, 2.24) is 0 Å². The lowest BCUT2D eigenvalue weighted by molar-refractivity contribution is 0.324. The van der Waals surface area contributed by atoms with Gasteiger partial charge in [0.25, 0.3) is 0 Å². The fraction of sp³-hybridized carbons (Fsp3) is 0.947. The van der Waals surface area contributed by atoms with E-state index in [1.807, 2.05) is 0 Å². The van der Waals surface area contributed by atoms with Gasteiger partial charge in [-0.15, -0.1) is 0 Å². The molecule has 0 rings (SSSR count). The Morgan fingerprint density at radius 2 is 1.00 bits per heavy atom. The number of nitrogens with zero attached hydrogens (tertiary/aromatic N) is 1. The molecule has 0 N–H and O–H groups in total. The average molecular weight is 407 g/mol. The second-order valence-corrected chi connectivity index (χ2v) is 9.20. The fourth-order valence-electron chi connectivity index (χ4n) is 2.24. The molecule has 0 saturated carbocycles. The summed E-state index contributed by atoms with van der Waals surface area (Å²) in [6.45, 7) is 29.4. The number of alkyl halides is 1. The molecule has 21 heavy (non-hydrogen) atoms. The molecule has 0 radical (unpaired) electrons. The Morgan fingerprint density at radius 3 is 1.10 bits per heavy atom. The molecule has 0 heterocycles. The van der Waals surface area contributed by atoms with E-state index < -0.39 is 0 Å². The average Bonchev–Trinajstić information content (AvgIpc) is 2.37. The third kappa shape index (κ3) is 9.76. The van der Waals surface area contributed by atoms with Gasteiger partial charge in [-0.3, -0.25) is 0 Å². The van der Waals surface area contributed by atoms with Gasteiger partial charge >= 0.3 is 0 Å². The quantitative estimate of drug-likeness (QED) is 0.255. The molecular weight excluding hydrogens is 369 g/mol. The molecule has 2 heteroatoms. The molecule has 4 unspecified atom stereocenters. The van der Waals surface area contributed by atoms with Gasteiger partial charge in [0.15, 0.2) is 0 Å². The van der Waals surface area contributed by atoms with Crippen LogP contribution in [-0.4, -0.2) is 9.97 Å². The molecule has 0 spiro atoms. The lowest BCUT2D eigenvalue weighted by Gasteiger charge is -2.24. The van der Waals surface area contributed by atoms with Gasteiger partial charge in [0.05, 0.1) is 0 Å². The predicted molar refractivity (Wildman–Crippen MR) is 106 cm³/mol. The van der Waals surface area contributed by atoms with E-state index in [4.69, 9.17) is 6.57 Å². The minimum Gasteiger partial charge on any atom is -0.313 e. The van der Waals surface area contributed by atoms with E-state index in [9.17, 15) is 0 Å². The Bertz CT molecular complexity index is 276. The van der Waals surface area contributed by atoms with Crippen molar-refractivity contribution in [2.24, 2.45) is 35.5 Å². The smallest absolute Gasteiger partial charge is 0.228 e. The lowest BCUT2D eigenvalue weighted by atomic mass is 9.85. The van der Waals surface area contributed by atoms with Gasteiger partial charge in [-0.25, -0.2) is 6.57 Å². The number of halogens is 1. The largest absolute Gasteiger partial charge is 0.313 e. The Kier molecular flexibility index (Phi) is 13.1. The van der Waals surface area contributed by atoms with Crippen LogP contribution in [0.1, 0.15) is 69.2 Å². The highest BCUT2D eigenvalue weighted by atomic mass is 127. The third-order valence-corrected chi connectivity index (χ3v) is 7.19. The fourth-order valence-corrected chi connectivity index (χ4v) is 3.07. The first-order valence-corrected chi connectivity index (χ1v) is 9.72. The third-order valence-electron chi connectivity index (χ3n) is 4.61. The van der Waals surface area contributed by atoms with Gasteiger partial charge in [-0.05, 0) is 23.7 Å². The van der Waals surface area contributed by atoms with Crippen LogP contribution in [0.4, 0.5) is 0 Å². The maximum Gasteiger partial charge on any atom is 0.228 e. The summed E-state index contributed by atoms with van der Waals surface area (Å²) < 4.78 is 0.831. The van der Waals surface area contributed by atoms with Crippen LogP contribution < -0.4 is 0 Å². The molecule has 0 aliphatic carbocycles. The molecule has 0 aromatic heterocycles. The SMILES string of the molecule is CC(C)C(C)C(I)C(C)C.[C-]#[N+]C(C(C)C)C(C)C(C)C. The summed E-state index contributed by atoms with van der Waals surface area (Å²) in [5.74, 6) is 4.12. The zero-order valence-electron chi connectivity index (χ0n) is 15.9. The van der Waals surface area contributed by atoms with Crippen LogP contribution >= 0.6 is 22.6 Å². The first-order chi connectivity index (χ1) is 9.47. The van der Waals surface area contributed by atoms with Crippen molar-refractivity contribution in [2.45, 2.75) is 79.2 Å². The first kappa shape index (κ1) is 23.5. The van der Waals surface area contributed by atoms with Crippen LogP contribution in [0.2, 0.25) is 0 Å². The van der Waals surface area contributed by atoms with E-state index in [0.29, 0.717) is 17.8 Å². The molecule has 0 aliphatic heterocycles. The van der Waals surface area contributed by atoms with Crippen molar-refractivity contribution < 1.29 is 0 Å². The van der Waals surface area contributed by atoms with Gasteiger partial charge in [0.2, 0.25) is 6.04 Å². The van der Waals surface area contributed by atoms with Crippen molar-refractivity contribution in [3.63, 3.8) is 0 Å². The molecule has 0 bridgehead atoms. The molecule has 0 saturated heterocycles. The summed E-state index contributed by atoms with van der Waals surface area (Å²) in [5, 5.41) is 0. The van der Waals surface area contributed by atoms with Crippen molar-refractivity contribution in [3.05, 3.63) is 11.4 Å². The second kappa shape index (κ2) is 11.7. The number of hydrogen-bond donors (Lipinski definition) is 0. The van der Waals surface area contributed by atoms with Gasteiger partial charge in [0, 0.05) is 15.8 Å². The van der Waals surface area contributed by atoms with Crippen LogP contribution in [0, 0.1) is 42.1 Å². The maximum atomic E-state index is 7.04. The molecule has 0 fully saturated rings. The van der Waals surface area contributed by atoms with Crippen LogP contribution in [-0.2, 0) is 0 Å². The lowest BCUT2D eigenvalue weighted by Crippen LogP contribution is -2.24. The topological polar surface area (TPSA) is 4.36 Å². The van der Waals surface area contributed by atoms with E-state index in [-0.39, 0.29) is 6.04 Å². The van der Waals surface area contributed by atoms with E-state index in [2.05, 4.69) is 96.7 Å². The van der Waals surface area contributed by atoms with Crippen molar-refractivity contribution in [1.29, 1.82) is 0 Å². The van der Waals surface area contributed by atoms with Gasteiger partial charge < -0.3 is 4.85 Å². The van der Waals surface area contributed by atoms with Crippen molar-refractivity contribution >= 4 is 22.6 Å². The van der Waals surface area contributed by atoms with Gasteiger partial charge in [-0.1, -0.05) is 91.8 Å². The highest BCUT2D eigenvalue weighted by Gasteiger charge is 2.27. The van der Waals surface area contributed by atoms with Crippen molar-refractivity contribution in [2.75, 3.05) is 0 Å². The summed E-state index contributed by atoms with van der Waals surface area (Å²) in [5.41, 5.74) is 0. The summed E-state index contributed by atoms with van der Waals surface area (Å²) in [6.07, 6.45) is 0. The van der Waals surface area contributed by atoms with Gasteiger partial charge in [-0.2, -0.15) is 0 Å². The Balaban J connectivity index is 0. The molecule has 0 aromatic rings. The van der Waals surface area contributed by atoms with E-state index in [1.54, 1.807) is 0 Å². The summed E-state index contributed by atoms with van der Waals surface area (Å²) >= 11 is 2.57. The Labute approximate surface area is 148 Å². The Morgan fingerprint density at radius 1 is 0.619 bits per heavy atom. The summed E-state index contributed by atoms with van der Waals surface area (Å²) in [6, 6.07) is 0.204. The molecule has 1 nitrogen and oxygen atoms in total. The highest BCUT2D eigenvalue weighted by Crippen LogP contribution is 2.27. The molecule has 126 valence electrons. The Hall–Kier alpha value is 0.220. The predicted octanol–water partition coefficient (Wildman–Crippen LogP) is 6.96. The van der Waals surface area contributed by atoms with Crippen molar-refractivity contribution in [3.8, 4) is 0 Å². The molecule has 0 amide bonds. The minimum absolute atomic E-state index is 0.204. The summed E-state index contributed by atoms with van der Waals surface area (Å²) in [7, 11) is 0. The molecule has 0 aliphatic rings. The number of rotatable bonds is 6. The normalized spacial score (nSPS) is 17.2. The maximum absolute atomic E-state index is 7.04. The zero-order valence-corrected chi connectivity index (χ0v) is 18.1. The van der Waals surface area contributed by atoms with Crippen LogP contribution in [0.3, 0.4) is 0 Å². The minimum atomic E-state index is 0.204. The standard InChI is InChI=1S/C10H19N.C9H19I/c1-7(2)9(5)10(11-6)8(3)4;1-6(2)8(5)9(10)7(3)4/h7-10H,1-5H3;6-9H,1-5H3. The first-order valence-electron chi connectivity index (χ1n) is 8.47.